The fraction of sp³-hybridized carbons (Fsp3) is 0.0714. The number of carbonyl (C=O) groups is 1. The van der Waals surface area contributed by atoms with Gasteiger partial charge in [-0.15, -0.1) is 0 Å². The van der Waals surface area contributed by atoms with E-state index >= 15 is 0 Å². The van der Waals surface area contributed by atoms with Crippen molar-refractivity contribution in [2.75, 3.05) is 5.32 Å². The molecule has 92 valence electrons. The van der Waals surface area contributed by atoms with E-state index in [1.165, 1.54) is 0 Å². The fourth-order valence-corrected chi connectivity index (χ4v) is 1.61. The molecule has 0 aromatic heterocycles. The van der Waals surface area contributed by atoms with Gasteiger partial charge in [-0.1, -0.05) is 35.9 Å². The molecule has 0 bridgehead atoms. The molecule has 0 radical (unpaired) electrons. The van der Waals surface area contributed by atoms with Crippen LogP contribution in [0.5, 0.6) is 5.75 Å². The molecule has 0 aliphatic rings. The number of rotatable bonds is 2. The molecular formula is C14H12ClNO2. The van der Waals surface area contributed by atoms with E-state index in [2.05, 4.69) is 5.32 Å². The van der Waals surface area contributed by atoms with Crippen LogP contribution in [0.1, 0.15) is 5.56 Å². The zero-order valence-electron chi connectivity index (χ0n) is 9.81. The van der Waals surface area contributed by atoms with E-state index < -0.39 is 6.09 Å². The van der Waals surface area contributed by atoms with Gasteiger partial charge in [-0.3, -0.25) is 5.32 Å². The molecule has 1 amide bonds. The number of anilines is 1. The van der Waals surface area contributed by atoms with E-state index in [0.29, 0.717) is 16.5 Å². The molecule has 0 heterocycles. The topological polar surface area (TPSA) is 38.3 Å². The van der Waals surface area contributed by atoms with Crippen LogP contribution in [0, 0.1) is 6.92 Å². The SMILES string of the molecule is Cc1ccc(Cl)c(OC(=O)Nc2ccccc2)c1. The van der Waals surface area contributed by atoms with Crippen molar-refractivity contribution >= 4 is 23.4 Å². The maximum absolute atomic E-state index is 11.7. The van der Waals surface area contributed by atoms with E-state index in [0.717, 1.165) is 5.56 Å². The number of halogens is 1. The number of hydrogen-bond acceptors (Lipinski definition) is 2. The van der Waals surface area contributed by atoms with Gasteiger partial charge in [-0.05, 0) is 36.8 Å². The third kappa shape index (κ3) is 3.25. The lowest BCUT2D eigenvalue weighted by molar-refractivity contribution is 0.215. The van der Waals surface area contributed by atoms with E-state index in [1.54, 1.807) is 24.3 Å². The summed E-state index contributed by atoms with van der Waals surface area (Å²) in [7, 11) is 0. The van der Waals surface area contributed by atoms with Crippen LogP contribution in [-0.2, 0) is 0 Å². The van der Waals surface area contributed by atoms with Crippen LogP contribution in [0.4, 0.5) is 10.5 Å². The standard InChI is InChI=1S/C14H12ClNO2/c1-10-7-8-12(15)13(9-10)18-14(17)16-11-5-3-2-4-6-11/h2-9H,1H3,(H,16,17). The third-order valence-corrected chi connectivity index (χ3v) is 2.62. The Morgan fingerprint density at radius 2 is 1.89 bits per heavy atom. The van der Waals surface area contributed by atoms with Crippen LogP contribution >= 0.6 is 11.6 Å². The molecule has 0 spiro atoms. The first-order valence-electron chi connectivity index (χ1n) is 5.45. The highest BCUT2D eigenvalue weighted by Gasteiger charge is 2.08. The summed E-state index contributed by atoms with van der Waals surface area (Å²) in [5, 5.41) is 3.02. The number of hydrogen-bond donors (Lipinski definition) is 1. The lowest BCUT2D eigenvalue weighted by Crippen LogP contribution is -2.16. The Kier molecular flexibility index (Phi) is 3.85. The average molecular weight is 262 g/mol. The van der Waals surface area contributed by atoms with Crippen LogP contribution < -0.4 is 10.1 Å². The molecule has 0 saturated heterocycles. The van der Waals surface area contributed by atoms with Crippen molar-refractivity contribution < 1.29 is 9.53 Å². The molecular weight excluding hydrogens is 250 g/mol. The van der Waals surface area contributed by atoms with Crippen molar-refractivity contribution in [2.24, 2.45) is 0 Å². The highest BCUT2D eigenvalue weighted by atomic mass is 35.5. The molecule has 2 aromatic carbocycles. The minimum Gasteiger partial charge on any atom is -0.408 e. The number of amides is 1. The first-order chi connectivity index (χ1) is 8.65. The Hall–Kier alpha value is -2.00. The van der Waals surface area contributed by atoms with Crippen molar-refractivity contribution in [3.05, 3.63) is 59.1 Å². The van der Waals surface area contributed by atoms with E-state index in [4.69, 9.17) is 16.3 Å². The summed E-state index contributed by atoms with van der Waals surface area (Å²) in [5.74, 6) is 0.352. The molecule has 0 aliphatic carbocycles. The molecule has 2 aromatic rings. The van der Waals surface area contributed by atoms with Crippen LogP contribution in [0.2, 0.25) is 5.02 Å². The predicted molar refractivity (Wildman–Crippen MR) is 72.3 cm³/mol. The predicted octanol–water partition coefficient (Wildman–Crippen LogP) is 4.26. The second-order valence-corrected chi connectivity index (χ2v) is 4.22. The van der Waals surface area contributed by atoms with Gasteiger partial charge in [0.2, 0.25) is 0 Å². The molecule has 3 nitrogen and oxygen atoms in total. The largest absolute Gasteiger partial charge is 0.417 e. The minimum absolute atomic E-state index is 0.352. The molecule has 1 N–H and O–H groups in total. The molecule has 4 heteroatoms. The summed E-state index contributed by atoms with van der Waals surface area (Å²) < 4.78 is 5.15. The summed E-state index contributed by atoms with van der Waals surface area (Å²) in [4.78, 5) is 11.7. The Bertz CT molecular complexity index is 555. The van der Waals surface area contributed by atoms with Gasteiger partial charge in [0.05, 0.1) is 5.02 Å². The lowest BCUT2D eigenvalue weighted by atomic mass is 10.2. The first-order valence-corrected chi connectivity index (χ1v) is 5.83. The number of carbonyl (C=O) groups excluding carboxylic acids is 1. The summed E-state index contributed by atoms with van der Waals surface area (Å²) in [6, 6.07) is 14.3. The molecule has 0 aliphatic heterocycles. The quantitative estimate of drug-likeness (QED) is 0.877. The van der Waals surface area contributed by atoms with Gasteiger partial charge >= 0.3 is 6.09 Å². The molecule has 2 rings (SSSR count). The second-order valence-electron chi connectivity index (χ2n) is 3.81. The Labute approximate surface area is 110 Å². The Morgan fingerprint density at radius 1 is 1.17 bits per heavy atom. The van der Waals surface area contributed by atoms with Crippen LogP contribution in [-0.4, -0.2) is 6.09 Å². The normalized spacial score (nSPS) is 9.89. The number of aryl methyl sites for hydroxylation is 1. The van der Waals surface area contributed by atoms with Crippen LogP contribution in [0.15, 0.2) is 48.5 Å². The zero-order chi connectivity index (χ0) is 13.0. The van der Waals surface area contributed by atoms with Gasteiger partial charge in [-0.25, -0.2) is 4.79 Å². The molecule has 18 heavy (non-hydrogen) atoms. The van der Waals surface area contributed by atoms with E-state index in [9.17, 15) is 4.79 Å². The maximum Gasteiger partial charge on any atom is 0.417 e. The summed E-state index contributed by atoms with van der Waals surface area (Å²) in [5.41, 5.74) is 1.65. The first kappa shape index (κ1) is 12.5. The molecule has 0 saturated carbocycles. The van der Waals surface area contributed by atoms with Gasteiger partial charge in [0.1, 0.15) is 0 Å². The van der Waals surface area contributed by atoms with Crippen molar-refractivity contribution in [1.82, 2.24) is 0 Å². The molecule has 0 atom stereocenters. The van der Waals surface area contributed by atoms with Crippen molar-refractivity contribution in [2.45, 2.75) is 6.92 Å². The minimum atomic E-state index is -0.561. The van der Waals surface area contributed by atoms with E-state index in [1.807, 2.05) is 31.2 Å². The number of ether oxygens (including phenoxy) is 1. The van der Waals surface area contributed by atoms with Crippen LogP contribution in [0.25, 0.3) is 0 Å². The van der Waals surface area contributed by atoms with Gasteiger partial charge in [-0.2, -0.15) is 0 Å². The second kappa shape index (κ2) is 5.56. The van der Waals surface area contributed by atoms with Crippen LogP contribution in [0.3, 0.4) is 0 Å². The molecule has 0 unspecified atom stereocenters. The third-order valence-electron chi connectivity index (χ3n) is 2.31. The smallest absolute Gasteiger partial charge is 0.408 e. The van der Waals surface area contributed by atoms with E-state index in [-0.39, 0.29) is 0 Å². The van der Waals surface area contributed by atoms with Gasteiger partial charge in [0, 0.05) is 5.69 Å². The summed E-state index contributed by atoms with van der Waals surface area (Å²) in [6.45, 7) is 1.90. The monoisotopic (exact) mass is 261 g/mol. The van der Waals surface area contributed by atoms with Crippen molar-refractivity contribution in [3.63, 3.8) is 0 Å². The number of para-hydroxylation sites is 1. The molecule has 0 fully saturated rings. The fourth-order valence-electron chi connectivity index (χ4n) is 1.45. The Morgan fingerprint density at radius 3 is 2.61 bits per heavy atom. The van der Waals surface area contributed by atoms with Gasteiger partial charge in [0.25, 0.3) is 0 Å². The highest BCUT2D eigenvalue weighted by Crippen LogP contribution is 2.25. The van der Waals surface area contributed by atoms with Crippen molar-refractivity contribution in [3.8, 4) is 5.75 Å². The Balaban J connectivity index is 2.05. The van der Waals surface area contributed by atoms with Gasteiger partial charge < -0.3 is 4.74 Å². The summed E-state index contributed by atoms with van der Waals surface area (Å²) in [6.07, 6.45) is -0.561. The van der Waals surface area contributed by atoms with Crippen molar-refractivity contribution in [1.29, 1.82) is 0 Å². The van der Waals surface area contributed by atoms with Gasteiger partial charge in [0.15, 0.2) is 5.75 Å². The summed E-state index contributed by atoms with van der Waals surface area (Å²) >= 11 is 5.94. The number of nitrogens with one attached hydrogen (secondary N) is 1. The maximum atomic E-state index is 11.7. The zero-order valence-corrected chi connectivity index (χ0v) is 10.6. The highest BCUT2D eigenvalue weighted by molar-refractivity contribution is 6.32. The lowest BCUT2D eigenvalue weighted by Gasteiger charge is -2.08. The number of benzene rings is 2. The average Bonchev–Trinajstić information content (AvgIpc) is 2.35.